The number of imidazole rings is 3. The summed E-state index contributed by atoms with van der Waals surface area (Å²) in [7, 11) is 8.04. The highest BCUT2D eigenvalue weighted by Gasteiger charge is 2.25. The van der Waals surface area contributed by atoms with Crippen molar-refractivity contribution in [2.45, 2.75) is 53.0 Å². The van der Waals surface area contributed by atoms with E-state index < -0.39 is 41.4 Å². The van der Waals surface area contributed by atoms with Crippen LogP contribution >= 0.6 is 0 Å². The first kappa shape index (κ1) is 86.8. The van der Waals surface area contributed by atoms with Crippen LogP contribution in [0.3, 0.4) is 0 Å². The molecule has 0 unspecified atom stereocenters. The molecule has 0 fully saturated rings. The third-order valence-corrected chi connectivity index (χ3v) is 18.2. The van der Waals surface area contributed by atoms with Gasteiger partial charge < -0.3 is 113 Å². The molecule has 0 aliphatic rings. The molecule has 9 N–H and O–H groups in total. The number of pyridine rings is 2. The van der Waals surface area contributed by atoms with Crippen LogP contribution in [-0.2, 0) is 82.8 Å². The Balaban J connectivity index is 0.484. The van der Waals surface area contributed by atoms with E-state index in [1.165, 1.54) is 55.2 Å². The van der Waals surface area contributed by atoms with E-state index in [1.54, 1.807) is 52.2 Å². The number of carbonyl (C=O) groups excluding carboxylic acids is 9. The minimum absolute atomic E-state index is 0.00719. The van der Waals surface area contributed by atoms with Crippen molar-refractivity contribution >= 4 is 87.2 Å². The zero-order valence-electron chi connectivity index (χ0n) is 66.8. The largest absolute Gasteiger partial charge is 0.377 e. The van der Waals surface area contributed by atoms with E-state index in [-0.39, 0.29) is 116 Å². The molecule has 0 saturated heterocycles. The number of anilines is 4. The summed E-state index contributed by atoms with van der Waals surface area (Å²) < 4.78 is 54.1. The minimum Gasteiger partial charge on any atom is -0.377 e. The van der Waals surface area contributed by atoms with Gasteiger partial charge in [0.2, 0.25) is 29.4 Å². The Hall–Kier alpha value is -12.6. The van der Waals surface area contributed by atoms with Crippen LogP contribution in [0.2, 0.25) is 0 Å². The number of benzene rings is 1. The number of nitrogens with one attached hydrogen (secondary N) is 9. The van der Waals surface area contributed by atoms with Crippen LogP contribution in [0.1, 0.15) is 118 Å². The lowest BCUT2D eigenvalue weighted by atomic mass is 10.0. The molecule has 0 bridgehead atoms. The number of hydrogen-bond donors (Lipinski definition) is 9. The summed E-state index contributed by atoms with van der Waals surface area (Å²) in [5.41, 5.74) is 9.70. The van der Waals surface area contributed by atoms with Crippen molar-refractivity contribution in [1.82, 2.24) is 84.1 Å². The van der Waals surface area contributed by atoms with Gasteiger partial charge in [0.25, 0.3) is 35.4 Å². The SMILES string of the molecule is Cc1cccc([C@H](C)n2cc(-c3ccc(C(=O)NCCOCCOCCOCCOCCOCCOCCOCCNC(=O)CCNC(=O)c4nc(NC(=O)CCNC(=O)c5cc(NC(=O)c6nc(NC(=O)CCNC(=O)c7cc(NC(=O)c8nccn8C)cn7C)cn6C)cn5C)cn4C)cc3)c3ncc(-c4c(C)noc4C)cc32)n1. The average molecular weight is 1610 g/mol. The fourth-order valence-corrected chi connectivity index (χ4v) is 12.2. The predicted octanol–water partition coefficient (Wildman–Crippen LogP) is 4.97. The van der Waals surface area contributed by atoms with Gasteiger partial charge in [-0.05, 0) is 75.7 Å². The highest BCUT2D eigenvalue weighted by molar-refractivity contribution is 6.05. The highest BCUT2D eigenvalue weighted by atomic mass is 16.6. The summed E-state index contributed by atoms with van der Waals surface area (Å²) in [6, 6.07) is 18.5. The Morgan fingerprint density at radius 1 is 0.444 bits per heavy atom. The summed E-state index contributed by atoms with van der Waals surface area (Å²) in [5.74, 6) is -3.13. The fourth-order valence-electron chi connectivity index (χ4n) is 12.2. The summed E-state index contributed by atoms with van der Waals surface area (Å²) in [6.07, 6.45) is 12.8. The van der Waals surface area contributed by atoms with Crippen molar-refractivity contribution in [2.24, 2.45) is 35.2 Å². The topological polar surface area (TPSA) is 447 Å². The standard InChI is InChI=1S/C79H99N21O17/c1-50-11-10-12-60(87-50)52(3)100-47-59(70-61(100)41-56(44-86-70)69-51(2)94-117-53(69)4)54-13-15-55(16-14-54)74(104)85-25-28-111-30-32-113-34-36-115-38-40-116-39-37-114-35-33-112-31-29-110-27-24-80-66(101)17-20-84-77(107)72-92-64(48-98(72)8)90-67(102)18-21-83-76(106)63-43-58(46-97(63)7)89-79(109)73-93-65(49-99(73)9)91-68(103)19-22-82-75(105)62-42-57(45-96(62)6)88-78(108)71-81-23-26-95(71)5/h10-16,23,26,41-49,52H,17-22,24-25,27-40H2,1-9H3,(H,80,101)(H,82,105)(H,83,106)(H,84,107)(H,85,104)(H,88,108)(H,89,109)(H,90,102)(H,91,103)/t52-/m0/s1. The van der Waals surface area contributed by atoms with Gasteiger partial charge >= 0.3 is 0 Å². The van der Waals surface area contributed by atoms with E-state index in [0.717, 1.165) is 56.1 Å². The van der Waals surface area contributed by atoms with Gasteiger partial charge in [0.15, 0.2) is 17.5 Å². The number of aryl methyl sites for hydroxylation is 8. The van der Waals surface area contributed by atoms with Crippen molar-refractivity contribution < 1.29 is 80.8 Å². The molecule has 1 atom stereocenters. The minimum atomic E-state index is -0.640. The quantitative estimate of drug-likeness (QED) is 0.0227. The van der Waals surface area contributed by atoms with Gasteiger partial charge in [-0.1, -0.05) is 23.4 Å². The molecule has 1 aromatic carbocycles. The van der Waals surface area contributed by atoms with Gasteiger partial charge in [0.1, 0.15) is 17.1 Å². The van der Waals surface area contributed by atoms with Crippen LogP contribution in [0, 0.1) is 20.8 Å². The Bertz CT molecular complexity index is 5050. The van der Waals surface area contributed by atoms with E-state index in [1.807, 2.05) is 69.4 Å². The first-order valence-corrected chi connectivity index (χ1v) is 38.0. The molecular formula is C79H99N21O17. The highest BCUT2D eigenvalue weighted by Crippen LogP contribution is 2.37. The number of rotatable bonds is 47. The van der Waals surface area contributed by atoms with Crippen molar-refractivity contribution in [3.05, 3.63) is 168 Å². The summed E-state index contributed by atoms with van der Waals surface area (Å²) in [4.78, 5) is 138. The summed E-state index contributed by atoms with van der Waals surface area (Å²) in [5, 5.41) is 28.4. The van der Waals surface area contributed by atoms with Crippen molar-refractivity contribution in [1.29, 1.82) is 0 Å². The van der Waals surface area contributed by atoms with E-state index in [9.17, 15) is 43.2 Å². The van der Waals surface area contributed by atoms with Gasteiger partial charge in [0, 0.05) is 165 Å². The molecule has 10 aromatic rings. The van der Waals surface area contributed by atoms with E-state index >= 15 is 0 Å². The Kier molecular flexibility index (Phi) is 32.1. The Morgan fingerprint density at radius 2 is 0.923 bits per heavy atom. The van der Waals surface area contributed by atoms with Crippen molar-refractivity contribution in [3.8, 4) is 22.3 Å². The molecule has 0 aliphatic carbocycles. The van der Waals surface area contributed by atoms with Crippen LogP contribution in [0.15, 0.2) is 115 Å². The summed E-state index contributed by atoms with van der Waals surface area (Å²) >= 11 is 0. The number of nitrogens with zero attached hydrogens (tertiary/aromatic N) is 12. The number of ether oxygens (including phenoxy) is 7. The first-order valence-electron chi connectivity index (χ1n) is 38.0. The maximum atomic E-state index is 13.3. The van der Waals surface area contributed by atoms with Crippen molar-refractivity contribution in [3.63, 3.8) is 0 Å². The van der Waals surface area contributed by atoms with E-state index in [2.05, 4.69) is 91.7 Å². The second-order valence-electron chi connectivity index (χ2n) is 27.0. The lowest BCUT2D eigenvalue weighted by Gasteiger charge is -2.15. The average Bonchev–Trinajstić information content (AvgIpc) is 1.61. The van der Waals surface area contributed by atoms with Crippen LogP contribution in [0.5, 0.6) is 0 Å². The van der Waals surface area contributed by atoms with Crippen LogP contribution in [-0.4, -0.2) is 236 Å². The normalized spacial score (nSPS) is 11.5. The monoisotopic (exact) mass is 1610 g/mol. The predicted molar refractivity (Wildman–Crippen MR) is 428 cm³/mol. The van der Waals surface area contributed by atoms with Crippen molar-refractivity contribution in [2.75, 3.05) is 146 Å². The molecule has 117 heavy (non-hydrogen) atoms. The van der Waals surface area contributed by atoms with Gasteiger partial charge in [-0.25, -0.2) is 15.0 Å². The number of fused-ring (bicyclic) bond motifs is 1. The molecule has 9 amide bonds. The van der Waals surface area contributed by atoms with E-state index in [0.29, 0.717) is 104 Å². The zero-order chi connectivity index (χ0) is 83.3. The number of carbonyl (C=O) groups is 9. The molecular weight excluding hydrogens is 1510 g/mol. The molecule has 38 heteroatoms. The molecule has 10 rings (SSSR count). The molecule has 0 radical (unpaired) electrons. The number of hydrogen-bond acceptors (Lipinski definition) is 23. The van der Waals surface area contributed by atoms with Gasteiger partial charge in [-0.3, -0.25) is 53.1 Å². The van der Waals surface area contributed by atoms with Crippen LogP contribution in [0.4, 0.5) is 23.0 Å². The van der Waals surface area contributed by atoms with Gasteiger partial charge in [0.05, 0.1) is 132 Å². The van der Waals surface area contributed by atoms with Gasteiger partial charge in [-0.2, -0.15) is 0 Å². The molecule has 0 aliphatic heterocycles. The zero-order valence-corrected chi connectivity index (χ0v) is 66.8. The smallest absolute Gasteiger partial charge is 0.291 e. The Labute approximate surface area is 673 Å². The van der Waals surface area contributed by atoms with E-state index in [4.69, 9.17) is 47.6 Å². The third kappa shape index (κ3) is 25.2. The molecule has 0 saturated carbocycles. The lowest BCUT2D eigenvalue weighted by Crippen LogP contribution is -2.33. The fraction of sp³-hybridized carbons (Fsp3) is 0.405. The third-order valence-electron chi connectivity index (χ3n) is 18.2. The Morgan fingerprint density at radius 3 is 1.42 bits per heavy atom. The second kappa shape index (κ2) is 43.2. The van der Waals surface area contributed by atoms with Crippen LogP contribution in [0.25, 0.3) is 33.3 Å². The lowest BCUT2D eigenvalue weighted by molar-refractivity contribution is -0.121. The number of aromatic nitrogens is 12. The molecule has 9 aromatic heterocycles. The van der Waals surface area contributed by atoms with Gasteiger partial charge in [-0.15, -0.1) is 0 Å². The molecule has 38 nitrogen and oxygen atoms in total. The maximum absolute atomic E-state index is 13.3. The molecule has 0 spiro atoms. The number of amides is 9. The molecule has 9 heterocycles. The van der Waals surface area contributed by atoms with Crippen LogP contribution < -0.4 is 47.9 Å². The second-order valence-corrected chi connectivity index (χ2v) is 27.0. The first-order chi connectivity index (χ1) is 56.5. The maximum Gasteiger partial charge on any atom is 0.291 e. The molecule has 622 valence electrons. The summed E-state index contributed by atoms with van der Waals surface area (Å²) in [6.45, 7) is 13.5.